The van der Waals surface area contributed by atoms with Crippen LogP contribution in [0.25, 0.3) is 0 Å². The lowest BCUT2D eigenvalue weighted by Gasteiger charge is -2.03. The van der Waals surface area contributed by atoms with E-state index in [1.807, 2.05) is 119 Å². The van der Waals surface area contributed by atoms with E-state index in [2.05, 4.69) is 186 Å². The average molecular weight is 1140 g/mol. The van der Waals surface area contributed by atoms with E-state index in [9.17, 15) is 4.79 Å². The SMILES string of the molecule is CC(C)n1cccc1.CC(C)n1cccn1.CC(C)n1ccnc1.CC(C)n1ccnn1.CC(C)n1ccsc1=O.CC(C)n1cncn1.CC(C)n1cnnc1.CC(C)n1cnnn1.CC(C)n1nccn1.CC(C)n1ncnn1. The second-order valence-corrected chi connectivity index (χ2v) is 21.1. The molecule has 10 heterocycles. The molecule has 0 saturated heterocycles. The number of hydrogen-bond donors (Lipinski definition) is 0. The number of thiazole rings is 1. The van der Waals surface area contributed by atoms with E-state index in [4.69, 9.17) is 0 Å². The van der Waals surface area contributed by atoms with Crippen molar-refractivity contribution in [2.75, 3.05) is 0 Å². The van der Waals surface area contributed by atoms with Crippen molar-refractivity contribution in [3.8, 4) is 0 Å². The molecule has 10 aromatic heterocycles. The summed E-state index contributed by atoms with van der Waals surface area (Å²) in [5.41, 5.74) is 0. The fraction of sp³-hybridized carbons (Fsp3) is 0.566. The lowest BCUT2D eigenvalue weighted by atomic mass is 10.4. The van der Waals surface area contributed by atoms with Gasteiger partial charge in [0.15, 0.2) is 6.33 Å². The summed E-state index contributed by atoms with van der Waals surface area (Å²) in [6.45, 7) is 41.3. The van der Waals surface area contributed by atoms with Crippen LogP contribution in [0.3, 0.4) is 0 Å². The van der Waals surface area contributed by atoms with E-state index in [0.29, 0.717) is 60.4 Å². The number of hydrogen-bond acceptors (Lipinski definition) is 18. The van der Waals surface area contributed by atoms with Gasteiger partial charge in [-0.05, 0) is 172 Å². The van der Waals surface area contributed by atoms with Gasteiger partial charge in [0.25, 0.3) is 0 Å². The number of tetrazole rings is 2. The van der Waals surface area contributed by atoms with Gasteiger partial charge in [-0.15, -0.1) is 30.6 Å². The first-order valence-corrected chi connectivity index (χ1v) is 27.9. The first-order valence-electron chi connectivity index (χ1n) is 27.1. The first-order chi connectivity index (χ1) is 38.5. The van der Waals surface area contributed by atoms with Crippen molar-refractivity contribution in [3.63, 3.8) is 0 Å². The Morgan fingerprint density at radius 1 is 0.346 bits per heavy atom. The minimum atomic E-state index is 0.130. The maximum atomic E-state index is 10.8. The molecule has 0 radical (unpaired) electrons. The fourth-order valence-electron chi connectivity index (χ4n) is 5.27. The maximum absolute atomic E-state index is 10.8. The largest absolute Gasteiger partial charge is 0.352 e. The Bertz CT molecular complexity index is 2290. The second kappa shape index (κ2) is 40.9. The summed E-state index contributed by atoms with van der Waals surface area (Å²) in [6.07, 6.45) is 31.9. The third kappa shape index (κ3) is 31.9. The molecule has 0 aromatic carbocycles. The van der Waals surface area contributed by atoms with Crippen LogP contribution in [-0.4, -0.2) is 128 Å². The van der Waals surface area contributed by atoms with E-state index in [1.165, 1.54) is 17.7 Å². The molecule has 10 rings (SSSR count). The third-order valence-electron chi connectivity index (χ3n) is 10.1. The summed E-state index contributed by atoms with van der Waals surface area (Å²) in [7, 11) is 0. The van der Waals surface area contributed by atoms with Crippen LogP contribution in [0.15, 0.2) is 141 Å². The maximum Gasteiger partial charge on any atom is 0.307 e. The van der Waals surface area contributed by atoms with Crippen LogP contribution in [0.4, 0.5) is 0 Å². The molecule has 0 amide bonds. The third-order valence-corrected chi connectivity index (χ3v) is 10.8. The van der Waals surface area contributed by atoms with Crippen molar-refractivity contribution in [1.82, 2.24) is 128 Å². The minimum Gasteiger partial charge on any atom is -0.352 e. The summed E-state index contributed by atoms with van der Waals surface area (Å²) in [5.74, 6) is 0. The molecular weight excluding hydrogens is 1050 g/mol. The molecule has 10 aromatic rings. The molecule has 27 nitrogen and oxygen atoms in total. The van der Waals surface area contributed by atoms with Gasteiger partial charge in [0.1, 0.15) is 31.6 Å². The van der Waals surface area contributed by atoms with Gasteiger partial charge in [-0.2, -0.15) is 30.0 Å². The fourth-order valence-corrected chi connectivity index (χ4v) is 5.98. The van der Waals surface area contributed by atoms with E-state index >= 15 is 0 Å². The number of aromatic nitrogens is 26. The highest BCUT2D eigenvalue weighted by molar-refractivity contribution is 7.07. The molecule has 0 unspecified atom stereocenters. The Kier molecular flexibility index (Phi) is 35.8. The predicted molar refractivity (Wildman–Crippen MR) is 317 cm³/mol. The summed E-state index contributed by atoms with van der Waals surface area (Å²) < 4.78 is 15.1. The minimum absolute atomic E-state index is 0.130. The Morgan fingerprint density at radius 3 is 1.19 bits per heavy atom. The normalized spacial score (nSPS) is 10.4. The molecule has 0 fully saturated rings. The Balaban J connectivity index is 0.000000450. The summed E-state index contributed by atoms with van der Waals surface area (Å²) in [4.78, 5) is 21.9. The highest BCUT2D eigenvalue weighted by Crippen LogP contribution is 2.04. The number of imidazole rings is 1. The zero-order valence-electron chi connectivity index (χ0n) is 51.4. The molecule has 28 heteroatoms. The second-order valence-electron chi connectivity index (χ2n) is 20.2. The Labute approximate surface area is 482 Å². The van der Waals surface area contributed by atoms with Gasteiger partial charge in [0, 0.05) is 103 Å². The van der Waals surface area contributed by atoms with E-state index in [1.54, 1.807) is 90.8 Å². The topological polar surface area (TPSA) is 273 Å². The summed E-state index contributed by atoms with van der Waals surface area (Å²) in [6, 6.07) is 10.3. The predicted octanol–water partition coefficient (Wildman–Crippen LogP) is 10.4. The first kappa shape index (κ1) is 70.8. The van der Waals surface area contributed by atoms with Crippen LogP contribution in [0.2, 0.25) is 0 Å². The van der Waals surface area contributed by atoms with E-state index in [-0.39, 0.29) is 4.87 Å². The zero-order valence-corrected chi connectivity index (χ0v) is 52.2. The Morgan fingerprint density at radius 2 is 0.938 bits per heavy atom. The van der Waals surface area contributed by atoms with Crippen molar-refractivity contribution in [2.24, 2.45) is 0 Å². The van der Waals surface area contributed by atoms with Gasteiger partial charge < -0.3 is 18.3 Å². The number of rotatable bonds is 10. The molecule has 0 saturated carbocycles. The van der Waals surface area contributed by atoms with Crippen LogP contribution in [0.5, 0.6) is 0 Å². The van der Waals surface area contributed by atoms with Crippen molar-refractivity contribution < 1.29 is 0 Å². The highest BCUT2D eigenvalue weighted by atomic mass is 32.1. The molecule has 0 N–H and O–H groups in total. The Hall–Kier alpha value is -8.17. The van der Waals surface area contributed by atoms with Gasteiger partial charge >= 0.3 is 4.87 Å². The molecule has 0 aliphatic heterocycles. The van der Waals surface area contributed by atoms with Crippen molar-refractivity contribution in [1.29, 1.82) is 0 Å². The van der Waals surface area contributed by atoms with Crippen molar-refractivity contribution in [2.45, 2.75) is 199 Å². The molecule has 0 aliphatic rings. The highest BCUT2D eigenvalue weighted by Gasteiger charge is 2.00. The summed E-state index contributed by atoms with van der Waals surface area (Å²) >= 11 is 1.24. The van der Waals surface area contributed by atoms with Gasteiger partial charge in [0.05, 0.1) is 37.0 Å². The monoisotopic (exact) mass is 1140 g/mol. The van der Waals surface area contributed by atoms with Crippen LogP contribution >= 0.6 is 11.3 Å². The lowest BCUT2D eigenvalue weighted by Crippen LogP contribution is -2.13. The lowest BCUT2D eigenvalue weighted by molar-refractivity contribution is 0.455. The van der Waals surface area contributed by atoms with Crippen LogP contribution < -0.4 is 4.87 Å². The van der Waals surface area contributed by atoms with Crippen LogP contribution in [0.1, 0.15) is 199 Å². The van der Waals surface area contributed by atoms with E-state index < -0.39 is 0 Å². The van der Waals surface area contributed by atoms with Gasteiger partial charge in [-0.25, -0.2) is 14.6 Å². The van der Waals surface area contributed by atoms with Crippen molar-refractivity contribution >= 4 is 11.3 Å². The standard InChI is InChI=1S/C7H11N.2C6H10N2.C6H9NOS.4C5H9N3.2C4H8N4/c1-7(2)8-5-3-4-6-8;1-6(2)8-4-3-7-5-8;1-6(2)8-5-3-4-7-8;1-5(2)7-3-4-9-6(7)8;1-5(2)8-3-6-7-4-8;1-5(2)8-4-6-3-7-8;1-5(2)8-4-3-6-7-8;1-5(2)8-6-3-4-7-8;1-4(2)8-3-5-6-7-8;1-4(2)8-6-3-5-7-8/h3-7H,1-2H3;2*3-6H,1-2H3;3-5H,1-2H3;4*3-5H,1-2H3;2*3-4H,1-2H3. The van der Waals surface area contributed by atoms with Crippen molar-refractivity contribution in [3.05, 3.63) is 146 Å². The van der Waals surface area contributed by atoms with Gasteiger partial charge in [-0.3, -0.25) is 18.8 Å². The molecule has 0 atom stereocenters. The molecule has 0 bridgehead atoms. The smallest absolute Gasteiger partial charge is 0.307 e. The quantitative estimate of drug-likeness (QED) is 0.123. The molecular formula is C53H92N26OS. The number of nitrogens with zero attached hydrogens (tertiary/aromatic N) is 26. The molecule has 446 valence electrons. The average Bonchev–Trinajstić information content (AvgIpc) is 4.29. The van der Waals surface area contributed by atoms with Crippen LogP contribution in [0, 0.1) is 0 Å². The molecule has 81 heavy (non-hydrogen) atoms. The molecule has 0 spiro atoms. The van der Waals surface area contributed by atoms with Gasteiger partial charge in [0.2, 0.25) is 0 Å². The van der Waals surface area contributed by atoms with E-state index in [0.717, 1.165) is 0 Å². The zero-order chi connectivity index (χ0) is 60.7. The molecule has 0 aliphatic carbocycles. The van der Waals surface area contributed by atoms with Crippen LogP contribution in [-0.2, 0) is 0 Å². The van der Waals surface area contributed by atoms with Gasteiger partial charge in [-0.1, -0.05) is 16.6 Å². The summed E-state index contributed by atoms with van der Waals surface area (Å²) in [5, 5.41) is 54.0.